The van der Waals surface area contributed by atoms with E-state index in [0.717, 1.165) is 26.9 Å². The van der Waals surface area contributed by atoms with Crippen molar-refractivity contribution in [3.8, 4) is 17.1 Å². The van der Waals surface area contributed by atoms with E-state index >= 15 is 0 Å². The van der Waals surface area contributed by atoms with Gasteiger partial charge in [0.05, 0.1) is 7.11 Å². The predicted octanol–water partition coefficient (Wildman–Crippen LogP) is 3.80. The number of primary amides is 1. The first-order chi connectivity index (χ1) is 13.0. The predicted molar refractivity (Wildman–Crippen MR) is 110 cm³/mol. The van der Waals surface area contributed by atoms with Gasteiger partial charge in [-0.3, -0.25) is 9.36 Å². The second-order valence-electron chi connectivity index (χ2n) is 5.97. The number of halogens is 1. The van der Waals surface area contributed by atoms with Crippen LogP contribution < -0.4 is 10.5 Å². The van der Waals surface area contributed by atoms with Crippen molar-refractivity contribution in [2.24, 2.45) is 5.73 Å². The van der Waals surface area contributed by atoms with Crippen LogP contribution in [0.4, 0.5) is 0 Å². The van der Waals surface area contributed by atoms with Crippen LogP contribution in [-0.2, 0) is 17.1 Å². The number of benzene rings is 2. The van der Waals surface area contributed by atoms with Crippen molar-refractivity contribution in [1.82, 2.24) is 14.8 Å². The van der Waals surface area contributed by atoms with E-state index in [1.807, 2.05) is 49.4 Å². The summed E-state index contributed by atoms with van der Waals surface area (Å²) in [4.78, 5) is 11.6. The van der Waals surface area contributed by atoms with Gasteiger partial charge in [-0.2, -0.15) is 0 Å². The maximum absolute atomic E-state index is 11.6. The van der Waals surface area contributed by atoms with Crippen molar-refractivity contribution in [3.63, 3.8) is 0 Å². The van der Waals surface area contributed by atoms with Crippen molar-refractivity contribution in [1.29, 1.82) is 0 Å². The number of methoxy groups -OCH3 is 1. The third-order valence-corrected chi connectivity index (χ3v) is 5.42. The molecule has 0 bridgehead atoms. The van der Waals surface area contributed by atoms with Gasteiger partial charge in [-0.15, -0.1) is 10.2 Å². The van der Waals surface area contributed by atoms with E-state index in [4.69, 9.17) is 10.5 Å². The number of carbonyl (C=O) groups excluding carboxylic acids is 1. The molecule has 0 saturated heterocycles. The number of nitrogens with zero attached hydrogens (tertiary/aromatic N) is 3. The number of nitrogens with two attached hydrogens (primary N) is 1. The Hall–Kier alpha value is -2.32. The molecule has 0 radical (unpaired) electrons. The summed E-state index contributed by atoms with van der Waals surface area (Å²) in [5, 5.41) is 9.21. The fourth-order valence-corrected chi connectivity index (χ4v) is 4.02. The molecule has 0 fully saturated rings. The van der Waals surface area contributed by atoms with Crippen molar-refractivity contribution >= 4 is 33.6 Å². The van der Waals surface area contributed by atoms with Gasteiger partial charge in [-0.1, -0.05) is 51.5 Å². The summed E-state index contributed by atoms with van der Waals surface area (Å²) in [6, 6.07) is 13.8. The highest BCUT2D eigenvalue weighted by molar-refractivity contribution is 9.10. The molecule has 0 spiro atoms. The molecule has 8 heteroatoms. The fourth-order valence-electron chi connectivity index (χ4n) is 2.69. The molecule has 2 aromatic carbocycles. The zero-order chi connectivity index (χ0) is 19.4. The number of amides is 1. The summed E-state index contributed by atoms with van der Waals surface area (Å²) in [5.74, 6) is 1.60. The van der Waals surface area contributed by atoms with Gasteiger partial charge in [0.15, 0.2) is 11.0 Å². The molecule has 0 aliphatic rings. The number of thioether (sulfide) groups is 1. The third kappa shape index (κ3) is 4.70. The number of hydrogen-bond acceptors (Lipinski definition) is 5. The van der Waals surface area contributed by atoms with Crippen molar-refractivity contribution in [2.45, 2.75) is 24.4 Å². The van der Waals surface area contributed by atoms with Crippen LogP contribution in [0.25, 0.3) is 11.4 Å². The van der Waals surface area contributed by atoms with Crippen molar-refractivity contribution in [2.75, 3.05) is 7.11 Å². The summed E-state index contributed by atoms with van der Waals surface area (Å²) < 4.78 is 8.15. The molecule has 1 heterocycles. The molecular weight excluding hydrogens is 428 g/mol. The van der Waals surface area contributed by atoms with Gasteiger partial charge in [0.1, 0.15) is 12.3 Å². The average molecular weight is 447 g/mol. The lowest BCUT2D eigenvalue weighted by atomic mass is 10.1. The minimum atomic E-state index is -0.439. The molecule has 6 nitrogen and oxygen atoms in total. The summed E-state index contributed by atoms with van der Waals surface area (Å²) in [7, 11) is 1.64. The van der Waals surface area contributed by atoms with Crippen LogP contribution in [0.1, 0.15) is 11.1 Å². The van der Waals surface area contributed by atoms with E-state index in [2.05, 4.69) is 26.1 Å². The SMILES string of the molecule is COc1ccc(Br)cc1CSc1nnc(-c2cccc(C)c2)n1CC(N)=O. The van der Waals surface area contributed by atoms with Gasteiger partial charge in [0, 0.05) is 21.4 Å². The average Bonchev–Trinajstić information content (AvgIpc) is 3.02. The zero-order valence-electron chi connectivity index (χ0n) is 15.0. The molecule has 3 rings (SSSR count). The van der Waals surface area contributed by atoms with E-state index in [9.17, 15) is 4.79 Å². The number of carbonyl (C=O) groups is 1. The smallest absolute Gasteiger partial charge is 0.237 e. The van der Waals surface area contributed by atoms with Gasteiger partial charge in [0.25, 0.3) is 0 Å². The van der Waals surface area contributed by atoms with E-state index in [0.29, 0.717) is 16.7 Å². The minimum Gasteiger partial charge on any atom is -0.496 e. The Morgan fingerprint density at radius 2 is 2.07 bits per heavy atom. The largest absolute Gasteiger partial charge is 0.496 e. The van der Waals surface area contributed by atoms with Gasteiger partial charge >= 0.3 is 0 Å². The van der Waals surface area contributed by atoms with Crippen LogP contribution in [-0.4, -0.2) is 27.8 Å². The summed E-state index contributed by atoms with van der Waals surface area (Å²) in [6.45, 7) is 2.03. The second kappa shape index (κ2) is 8.58. The maximum Gasteiger partial charge on any atom is 0.237 e. The first kappa shape index (κ1) is 19.4. The molecule has 2 N–H and O–H groups in total. The van der Waals surface area contributed by atoms with E-state index in [1.54, 1.807) is 11.7 Å². The van der Waals surface area contributed by atoms with Crippen LogP contribution in [0.15, 0.2) is 52.1 Å². The Morgan fingerprint density at radius 1 is 1.26 bits per heavy atom. The first-order valence-corrected chi connectivity index (χ1v) is 9.99. The fraction of sp³-hybridized carbons (Fsp3) is 0.211. The standard InChI is InChI=1S/C19H19BrN4O2S/c1-12-4-3-5-13(8-12)18-22-23-19(24(18)10-17(21)25)27-11-14-9-15(20)6-7-16(14)26-2/h3-9H,10-11H2,1-2H3,(H2,21,25). The first-order valence-electron chi connectivity index (χ1n) is 8.21. The Bertz CT molecular complexity index is 974. The molecule has 0 unspecified atom stereocenters. The quantitative estimate of drug-likeness (QED) is 0.557. The molecule has 0 atom stereocenters. The van der Waals surface area contributed by atoms with Crippen LogP contribution in [0.2, 0.25) is 0 Å². The normalized spacial score (nSPS) is 10.8. The van der Waals surface area contributed by atoms with Crippen LogP contribution >= 0.6 is 27.7 Å². The van der Waals surface area contributed by atoms with Gasteiger partial charge in [0.2, 0.25) is 5.91 Å². The number of ether oxygens (including phenoxy) is 1. The van der Waals surface area contributed by atoms with Crippen molar-refractivity contribution < 1.29 is 9.53 Å². The van der Waals surface area contributed by atoms with E-state index < -0.39 is 5.91 Å². The topological polar surface area (TPSA) is 83.0 Å². The highest BCUT2D eigenvalue weighted by atomic mass is 79.9. The van der Waals surface area contributed by atoms with Crippen LogP contribution in [0, 0.1) is 6.92 Å². The minimum absolute atomic E-state index is 0.0221. The van der Waals surface area contributed by atoms with E-state index in [-0.39, 0.29) is 6.54 Å². The van der Waals surface area contributed by atoms with Gasteiger partial charge in [-0.25, -0.2) is 0 Å². The summed E-state index contributed by atoms with van der Waals surface area (Å²) in [6.07, 6.45) is 0. The highest BCUT2D eigenvalue weighted by Crippen LogP contribution is 2.31. The summed E-state index contributed by atoms with van der Waals surface area (Å²) in [5.41, 5.74) is 8.47. The molecular formula is C19H19BrN4O2S. The maximum atomic E-state index is 11.6. The lowest BCUT2D eigenvalue weighted by Crippen LogP contribution is -2.20. The second-order valence-corrected chi connectivity index (χ2v) is 7.83. The lowest BCUT2D eigenvalue weighted by Gasteiger charge is -2.10. The monoisotopic (exact) mass is 446 g/mol. The number of aromatic nitrogens is 3. The molecule has 1 amide bonds. The Morgan fingerprint density at radius 3 is 2.78 bits per heavy atom. The molecule has 140 valence electrons. The lowest BCUT2D eigenvalue weighted by molar-refractivity contribution is -0.118. The number of hydrogen-bond donors (Lipinski definition) is 1. The third-order valence-electron chi connectivity index (χ3n) is 3.91. The Labute approximate surface area is 170 Å². The number of aryl methyl sites for hydroxylation is 1. The Balaban J connectivity index is 1.92. The van der Waals surface area contributed by atoms with E-state index in [1.165, 1.54) is 11.8 Å². The molecule has 0 aliphatic heterocycles. The van der Waals surface area contributed by atoms with Gasteiger partial charge in [-0.05, 0) is 31.2 Å². The molecule has 3 aromatic rings. The molecule has 0 aliphatic carbocycles. The van der Waals surface area contributed by atoms with Crippen molar-refractivity contribution in [3.05, 3.63) is 58.1 Å². The number of rotatable bonds is 7. The molecule has 27 heavy (non-hydrogen) atoms. The molecule has 0 saturated carbocycles. The molecule has 1 aromatic heterocycles. The summed E-state index contributed by atoms with van der Waals surface area (Å²) >= 11 is 4.96. The van der Waals surface area contributed by atoms with Gasteiger partial charge < -0.3 is 10.5 Å². The Kier molecular flexibility index (Phi) is 6.18. The zero-order valence-corrected chi connectivity index (χ0v) is 17.4. The van der Waals surface area contributed by atoms with Crippen LogP contribution in [0.5, 0.6) is 5.75 Å². The van der Waals surface area contributed by atoms with Crippen LogP contribution in [0.3, 0.4) is 0 Å². The highest BCUT2D eigenvalue weighted by Gasteiger charge is 2.17.